The zero-order valence-electron chi connectivity index (χ0n) is 9.00. The second-order valence-electron chi connectivity index (χ2n) is 3.12. The molecule has 0 aliphatic heterocycles. The van der Waals surface area contributed by atoms with Gasteiger partial charge < -0.3 is 9.47 Å². The van der Waals surface area contributed by atoms with Crippen molar-refractivity contribution in [2.45, 2.75) is 52.2 Å². The molecule has 0 aromatic rings. The lowest BCUT2D eigenvalue weighted by Crippen LogP contribution is -2.27. The van der Waals surface area contributed by atoms with Gasteiger partial charge in [0.05, 0.1) is 13.2 Å². The molecule has 0 amide bonds. The summed E-state index contributed by atoms with van der Waals surface area (Å²) in [6.07, 6.45) is 2.75. The number of hydrogen-bond acceptors (Lipinski definition) is 3. The van der Waals surface area contributed by atoms with Gasteiger partial charge in [0.1, 0.15) is 0 Å². The monoisotopic (exact) mass is 188 g/mol. The van der Waals surface area contributed by atoms with Crippen molar-refractivity contribution in [3.05, 3.63) is 0 Å². The van der Waals surface area contributed by atoms with Crippen LogP contribution in [0.4, 0.5) is 0 Å². The van der Waals surface area contributed by atoms with Crippen molar-refractivity contribution >= 4 is 5.97 Å². The van der Waals surface area contributed by atoms with Gasteiger partial charge in [0.15, 0.2) is 6.10 Å². The molecule has 0 saturated heterocycles. The summed E-state index contributed by atoms with van der Waals surface area (Å²) in [7, 11) is 1.38. The van der Waals surface area contributed by atoms with Gasteiger partial charge in [-0.15, -0.1) is 0 Å². The predicted molar refractivity (Wildman–Crippen MR) is 51.6 cm³/mol. The molecule has 0 saturated carbocycles. The number of rotatable bonds is 6. The van der Waals surface area contributed by atoms with Crippen molar-refractivity contribution < 1.29 is 14.3 Å². The minimum atomic E-state index is -0.443. The van der Waals surface area contributed by atoms with Crippen molar-refractivity contribution in [2.24, 2.45) is 0 Å². The molecular weight excluding hydrogens is 168 g/mol. The Morgan fingerprint density at radius 1 is 1.38 bits per heavy atom. The Kier molecular flexibility index (Phi) is 6.59. The Labute approximate surface area is 80.4 Å². The highest BCUT2D eigenvalue weighted by molar-refractivity contribution is 5.73. The molecule has 3 nitrogen and oxygen atoms in total. The Balaban J connectivity index is 3.85. The number of methoxy groups -OCH3 is 1. The van der Waals surface area contributed by atoms with Crippen LogP contribution in [0.5, 0.6) is 0 Å². The summed E-state index contributed by atoms with van der Waals surface area (Å²) in [5.74, 6) is -0.297. The summed E-state index contributed by atoms with van der Waals surface area (Å²) in [4.78, 5) is 11.0. The zero-order chi connectivity index (χ0) is 10.3. The van der Waals surface area contributed by atoms with Crippen molar-refractivity contribution in [3.8, 4) is 0 Å². The van der Waals surface area contributed by atoms with E-state index in [1.165, 1.54) is 7.11 Å². The Morgan fingerprint density at radius 3 is 2.38 bits per heavy atom. The van der Waals surface area contributed by atoms with Crippen molar-refractivity contribution in [2.75, 3.05) is 7.11 Å². The predicted octanol–water partition coefficient (Wildman–Crippen LogP) is 2.14. The van der Waals surface area contributed by atoms with Gasteiger partial charge >= 0.3 is 5.97 Å². The van der Waals surface area contributed by atoms with E-state index in [0.717, 1.165) is 19.3 Å². The molecule has 0 aliphatic rings. The zero-order valence-corrected chi connectivity index (χ0v) is 9.00. The highest BCUT2D eigenvalue weighted by atomic mass is 16.6. The number of esters is 1. The molecule has 0 bridgehead atoms. The first-order valence-corrected chi connectivity index (χ1v) is 4.88. The molecule has 0 aromatic heterocycles. The standard InChI is InChI=1S/C10H20O3/c1-5-7-9(6-2)13-8(3)10(11)12-4/h8-9H,5-7H2,1-4H3. The van der Waals surface area contributed by atoms with Crippen LogP contribution in [0.2, 0.25) is 0 Å². The molecule has 0 heterocycles. The third-order valence-corrected chi connectivity index (χ3v) is 2.00. The van der Waals surface area contributed by atoms with Gasteiger partial charge in [0, 0.05) is 0 Å². The summed E-state index contributed by atoms with van der Waals surface area (Å²) in [6, 6.07) is 0. The van der Waals surface area contributed by atoms with Crippen LogP contribution in [0.25, 0.3) is 0 Å². The van der Waals surface area contributed by atoms with Gasteiger partial charge in [-0.25, -0.2) is 4.79 Å². The first kappa shape index (κ1) is 12.4. The van der Waals surface area contributed by atoms with Crippen LogP contribution in [0.15, 0.2) is 0 Å². The smallest absolute Gasteiger partial charge is 0.334 e. The second kappa shape index (κ2) is 6.89. The third kappa shape index (κ3) is 4.88. The summed E-state index contributed by atoms with van der Waals surface area (Å²) >= 11 is 0. The maximum atomic E-state index is 11.0. The Bertz CT molecular complexity index is 145. The largest absolute Gasteiger partial charge is 0.467 e. The Morgan fingerprint density at radius 2 is 2.00 bits per heavy atom. The molecule has 13 heavy (non-hydrogen) atoms. The van der Waals surface area contributed by atoms with E-state index in [2.05, 4.69) is 18.6 Å². The normalized spacial score (nSPS) is 15.1. The van der Waals surface area contributed by atoms with Crippen LogP contribution in [0, 0.1) is 0 Å². The number of ether oxygens (including phenoxy) is 2. The fourth-order valence-corrected chi connectivity index (χ4v) is 1.20. The quantitative estimate of drug-likeness (QED) is 0.599. The summed E-state index contributed by atoms with van der Waals surface area (Å²) in [5.41, 5.74) is 0. The van der Waals surface area contributed by atoms with E-state index < -0.39 is 6.10 Å². The van der Waals surface area contributed by atoms with Gasteiger partial charge in [-0.3, -0.25) is 0 Å². The molecule has 78 valence electrons. The SMILES string of the molecule is CCCC(CC)OC(C)C(=O)OC. The van der Waals surface area contributed by atoms with E-state index >= 15 is 0 Å². The average molecular weight is 188 g/mol. The van der Waals surface area contributed by atoms with E-state index in [4.69, 9.17) is 4.74 Å². The molecule has 0 radical (unpaired) electrons. The van der Waals surface area contributed by atoms with E-state index in [9.17, 15) is 4.79 Å². The van der Waals surface area contributed by atoms with Crippen LogP contribution in [0.3, 0.4) is 0 Å². The van der Waals surface area contributed by atoms with Crippen molar-refractivity contribution in [1.29, 1.82) is 0 Å². The summed E-state index contributed by atoms with van der Waals surface area (Å²) < 4.78 is 10.1. The molecule has 0 rings (SSSR count). The highest BCUT2D eigenvalue weighted by Gasteiger charge is 2.17. The van der Waals surface area contributed by atoms with Crippen LogP contribution < -0.4 is 0 Å². The first-order valence-electron chi connectivity index (χ1n) is 4.88. The van der Waals surface area contributed by atoms with Gasteiger partial charge in [-0.2, -0.15) is 0 Å². The van der Waals surface area contributed by atoms with E-state index in [1.54, 1.807) is 6.92 Å². The topological polar surface area (TPSA) is 35.5 Å². The lowest BCUT2D eigenvalue weighted by molar-refractivity contribution is -0.156. The van der Waals surface area contributed by atoms with Crippen LogP contribution in [-0.2, 0) is 14.3 Å². The Hall–Kier alpha value is -0.570. The highest BCUT2D eigenvalue weighted by Crippen LogP contribution is 2.09. The van der Waals surface area contributed by atoms with Crippen LogP contribution >= 0.6 is 0 Å². The molecule has 0 N–H and O–H groups in total. The van der Waals surface area contributed by atoms with Gasteiger partial charge in [-0.1, -0.05) is 20.3 Å². The number of carbonyl (C=O) groups is 1. The molecule has 0 spiro atoms. The van der Waals surface area contributed by atoms with Crippen molar-refractivity contribution in [3.63, 3.8) is 0 Å². The van der Waals surface area contributed by atoms with E-state index in [1.807, 2.05) is 0 Å². The van der Waals surface area contributed by atoms with E-state index in [-0.39, 0.29) is 12.1 Å². The minimum Gasteiger partial charge on any atom is -0.467 e. The second-order valence-corrected chi connectivity index (χ2v) is 3.12. The lowest BCUT2D eigenvalue weighted by atomic mass is 10.1. The molecular formula is C10H20O3. The maximum Gasteiger partial charge on any atom is 0.334 e. The van der Waals surface area contributed by atoms with E-state index in [0.29, 0.717) is 0 Å². The average Bonchev–Trinajstić information content (AvgIpc) is 2.15. The molecule has 0 aliphatic carbocycles. The molecule has 0 aromatic carbocycles. The van der Waals surface area contributed by atoms with Crippen LogP contribution in [-0.4, -0.2) is 25.3 Å². The summed E-state index contributed by atoms with van der Waals surface area (Å²) in [5, 5.41) is 0. The fraction of sp³-hybridized carbons (Fsp3) is 0.900. The van der Waals surface area contributed by atoms with Crippen LogP contribution in [0.1, 0.15) is 40.0 Å². The maximum absolute atomic E-state index is 11.0. The lowest BCUT2D eigenvalue weighted by Gasteiger charge is -2.19. The molecule has 0 fully saturated rings. The third-order valence-electron chi connectivity index (χ3n) is 2.00. The minimum absolute atomic E-state index is 0.180. The van der Waals surface area contributed by atoms with Crippen molar-refractivity contribution in [1.82, 2.24) is 0 Å². The molecule has 3 heteroatoms. The molecule has 2 unspecified atom stereocenters. The number of carbonyl (C=O) groups excluding carboxylic acids is 1. The van der Waals surface area contributed by atoms with Gasteiger partial charge in [0.25, 0.3) is 0 Å². The fourth-order valence-electron chi connectivity index (χ4n) is 1.20. The summed E-state index contributed by atoms with van der Waals surface area (Å²) in [6.45, 7) is 5.89. The van der Waals surface area contributed by atoms with Gasteiger partial charge in [0.2, 0.25) is 0 Å². The number of hydrogen-bond donors (Lipinski definition) is 0. The first-order chi connectivity index (χ1) is 6.15. The van der Waals surface area contributed by atoms with Gasteiger partial charge in [-0.05, 0) is 19.8 Å². The molecule has 2 atom stereocenters.